The van der Waals surface area contributed by atoms with E-state index < -0.39 is 0 Å². The van der Waals surface area contributed by atoms with Crippen molar-refractivity contribution in [1.29, 1.82) is 0 Å². The van der Waals surface area contributed by atoms with E-state index in [1.54, 1.807) is 12.5 Å². The van der Waals surface area contributed by atoms with E-state index in [1.165, 1.54) is 27.7 Å². The smallest absolute Gasteiger partial charge is 0.116 e. The first-order valence-corrected chi connectivity index (χ1v) is 8.39. The predicted molar refractivity (Wildman–Crippen MR) is 98.6 cm³/mol. The van der Waals surface area contributed by atoms with E-state index >= 15 is 0 Å². The maximum atomic E-state index is 4.38. The number of hydrogen-bond acceptors (Lipinski definition) is 3. The summed E-state index contributed by atoms with van der Waals surface area (Å²) >= 11 is 0. The highest BCUT2D eigenvalue weighted by atomic mass is 15.1. The van der Waals surface area contributed by atoms with Crippen LogP contribution in [0, 0.1) is 6.92 Å². The van der Waals surface area contributed by atoms with Crippen LogP contribution in [0.1, 0.15) is 29.4 Å². The number of hydrogen-bond donors (Lipinski definition) is 0. The van der Waals surface area contributed by atoms with Crippen molar-refractivity contribution in [2.24, 2.45) is 0 Å². The van der Waals surface area contributed by atoms with Gasteiger partial charge in [-0.3, -0.25) is 0 Å². The molecule has 24 heavy (non-hydrogen) atoms. The van der Waals surface area contributed by atoms with Crippen LogP contribution in [0.3, 0.4) is 0 Å². The van der Waals surface area contributed by atoms with Crippen LogP contribution in [0.4, 0.5) is 0 Å². The third-order valence-electron chi connectivity index (χ3n) is 4.84. The second-order valence-electron chi connectivity index (χ2n) is 6.71. The van der Waals surface area contributed by atoms with E-state index in [0.717, 1.165) is 30.8 Å². The lowest BCUT2D eigenvalue weighted by Gasteiger charge is -2.23. The molecule has 3 heterocycles. The third kappa shape index (κ3) is 2.53. The number of benzene rings is 1. The van der Waals surface area contributed by atoms with Gasteiger partial charge in [0.2, 0.25) is 0 Å². The zero-order chi connectivity index (χ0) is 16.7. The van der Waals surface area contributed by atoms with Crippen LogP contribution in [0.5, 0.6) is 0 Å². The Labute approximate surface area is 142 Å². The van der Waals surface area contributed by atoms with Gasteiger partial charge in [0.1, 0.15) is 6.33 Å². The van der Waals surface area contributed by atoms with Crippen molar-refractivity contribution in [2.75, 3.05) is 13.6 Å². The summed E-state index contributed by atoms with van der Waals surface area (Å²) in [7, 11) is 2.20. The topological polar surface area (TPSA) is 34.0 Å². The lowest BCUT2D eigenvalue weighted by molar-refractivity contribution is 0.312. The summed E-state index contributed by atoms with van der Waals surface area (Å²) in [6.07, 6.45) is 6.70. The summed E-state index contributed by atoms with van der Waals surface area (Å²) < 4.78 is 2.37. The second-order valence-corrected chi connectivity index (χ2v) is 6.71. The maximum absolute atomic E-state index is 4.38. The van der Waals surface area contributed by atoms with Crippen molar-refractivity contribution in [3.8, 4) is 0 Å². The van der Waals surface area contributed by atoms with Crippen molar-refractivity contribution >= 4 is 22.7 Å². The SMILES string of the molecule is C/C(=C\n1c2c(c3cc(C)ccc31)CN(C)CC2)c1ccncn1. The molecule has 0 saturated carbocycles. The molecule has 0 unspecified atom stereocenters. The highest BCUT2D eigenvalue weighted by Crippen LogP contribution is 2.32. The average molecular weight is 318 g/mol. The average Bonchev–Trinajstić information content (AvgIpc) is 2.88. The molecule has 1 aliphatic rings. The first-order valence-electron chi connectivity index (χ1n) is 8.39. The van der Waals surface area contributed by atoms with E-state index in [0.29, 0.717) is 0 Å². The number of allylic oxidation sites excluding steroid dienone is 1. The normalized spacial score (nSPS) is 15.7. The molecular formula is C20H22N4. The minimum Gasteiger partial charge on any atom is -0.320 e. The first-order chi connectivity index (χ1) is 11.6. The van der Waals surface area contributed by atoms with Crippen molar-refractivity contribution in [2.45, 2.75) is 26.8 Å². The Morgan fingerprint density at radius 1 is 1.25 bits per heavy atom. The van der Waals surface area contributed by atoms with Crippen LogP contribution in [-0.4, -0.2) is 33.0 Å². The van der Waals surface area contributed by atoms with Gasteiger partial charge < -0.3 is 9.47 Å². The molecule has 0 spiro atoms. The molecule has 1 aromatic carbocycles. The van der Waals surface area contributed by atoms with Gasteiger partial charge in [0, 0.05) is 43.0 Å². The van der Waals surface area contributed by atoms with Crippen LogP contribution in [0.2, 0.25) is 0 Å². The third-order valence-corrected chi connectivity index (χ3v) is 4.84. The largest absolute Gasteiger partial charge is 0.320 e. The molecule has 4 nitrogen and oxygen atoms in total. The summed E-state index contributed by atoms with van der Waals surface area (Å²) in [6, 6.07) is 8.72. The van der Waals surface area contributed by atoms with E-state index in [4.69, 9.17) is 0 Å². The van der Waals surface area contributed by atoms with Crippen LogP contribution in [-0.2, 0) is 13.0 Å². The van der Waals surface area contributed by atoms with Crippen molar-refractivity contribution in [1.82, 2.24) is 19.4 Å². The molecule has 0 aliphatic carbocycles. The number of nitrogens with zero attached hydrogens (tertiary/aromatic N) is 4. The fourth-order valence-corrected chi connectivity index (χ4v) is 3.57. The van der Waals surface area contributed by atoms with E-state index in [1.807, 2.05) is 6.07 Å². The summed E-state index contributed by atoms with van der Waals surface area (Å²) in [4.78, 5) is 10.8. The zero-order valence-electron chi connectivity index (χ0n) is 14.5. The Morgan fingerprint density at radius 2 is 2.12 bits per heavy atom. The molecule has 0 saturated heterocycles. The standard InChI is InChI=1S/C20H22N4/c1-14-4-5-19-16(10-14)17-12-23(3)9-7-20(17)24(19)11-15(2)18-6-8-21-13-22-18/h4-6,8,10-11,13H,7,9,12H2,1-3H3/b15-11+. The highest BCUT2D eigenvalue weighted by Gasteiger charge is 2.21. The summed E-state index contributed by atoms with van der Waals surface area (Å²) in [6.45, 7) is 6.40. The van der Waals surface area contributed by atoms with Gasteiger partial charge in [-0.2, -0.15) is 0 Å². The predicted octanol–water partition coefficient (Wildman–Crippen LogP) is 3.75. The van der Waals surface area contributed by atoms with E-state index in [-0.39, 0.29) is 0 Å². The van der Waals surface area contributed by atoms with Crippen LogP contribution in [0.15, 0.2) is 36.8 Å². The quantitative estimate of drug-likeness (QED) is 0.722. The molecule has 4 heteroatoms. The van der Waals surface area contributed by atoms with Gasteiger partial charge in [-0.25, -0.2) is 9.97 Å². The summed E-state index contributed by atoms with van der Waals surface area (Å²) in [5.41, 5.74) is 7.62. The Hall–Kier alpha value is -2.46. The fraction of sp³-hybridized carbons (Fsp3) is 0.300. The van der Waals surface area contributed by atoms with Crippen molar-refractivity contribution < 1.29 is 0 Å². The summed E-state index contributed by atoms with van der Waals surface area (Å²) in [5, 5.41) is 1.38. The Bertz CT molecular complexity index is 922. The van der Waals surface area contributed by atoms with Gasteiger partial charge in [-0.05, 0) is 50.2 Å². The van der Waals surface area contributed by atoms with E-state index in [2.05, 4.69) is 64.7 Å². The van der Waals surface area contributed by atoms with Crippen molar-refractivity contribution in [3.05, 3.63) is 59.3 Å². The molecule has 0 bridgehead atoms. The molecule has 0 fully saturated rings. The lowest BCUT2D eigenvalue weighted by Crippen LogP contribution is -2.26. The molecule has 122 valence electrons. The van der Waals surface area contributed by atoms with Gasteiger partial charge in [0.15, 0.2) is 0 Å². The molecule has 3 aromatic rings. The number of aryl methyl sites for hydroxylation is 1. The molecule has 1 aliphatic heterocycles. The molecule has 0 amide bonds. The van der Waals surface area contributed by atoms with Gasteiger partial charge in [-0.1, -0.05) is 11.6 Å². The molecule has 0 radical (unpaired) electrons. The number of likely N-dealkylation sites (N-methyl/N-ethyl adjacent to an activating group) is 1. The monoisotopic (exact) mass is 318 g/mol. The van der Waals surface area contributed by atoms with Crippen LogP contribution >= 0.6 is 0 Å². The number of rotatable bonds is 2. The Morgan fingerprint density at radius 3 is 2.92 bits per heavy atom. The lowest BCUT2D eigenvalue weighted by atomic mass is 10.0. The maximum Gasteiger partial charge on any atom is 0.116 e. The van der Waals surface area contributed by atoms with Gasteiger partial charge >= 0.3 is 0 Å². The number of fused-ring (bicyclic) bond motifs is 3. The highest BCUT2D eigenvalue weighted by molar-refractivity contribution is 5.90. The zero-order valence-corrected chi connectivity index (χ0v) is 14.5. The van der Waals surface area contributed by atoms with E-state index in [9.17, 15) is 0 Å². The molecular weight excluding hydrogens is 296 g/mol. The molecule has 0 atom stereocenters. The van der Waals surface area contributed by atoms with Crippen LogP contribution in [0.25, 0.3) is 22.7 Å². The summed E-state index contributed by atoms with van der Waals surface area (Å²) in [5.74, 6) is 0. The van der Waals surface area contributed by atoms with Gasteiger partial charge in [-0.15, -0.1) is 0 Å². The van der Waals surface area contributed by atoms with Gasteiger partial charge in [0.25, 0.3) is 0 Å². The van der Waals surface area contributed by atoms with Crippen molar-refractivity contribution in [3.63, 3.8) is 0 Å². The fourth-order valence-electron chi connectivity index (χ4n) is 3.57. The minimum absolute atomic E-state index is 0.973. The minimum atomic E-state index is 0.973. The second kappa shape index (κ2) is 5.87. The molecule has 0 N–H and O–H groups in total. The number of aromatic nitrogens is 3. The van der Waals surface area contributed by atoms with Crippen LogP contribution < -0.4 is 0 Å². The molecule has 4 rings (SSSR count). The Balaban J connectivity index is 1.92. The molecule has 2 aromatic heterocycles. The van der Waals surface area contributed by atoms with Gasteiger partial charge in [0.05, 0.1) is 11.2 Å². The Kier molecular flexibility index (Phi) is 3.69. The first kappa shape index (κ1) is 15.1.